The molecule has 1 atom stereocenters. The van der Waals surface area contributed by atoms with Crippen LogP contribution in [0.5, 0.6) is 0 Å². The van der Waals surface area contributed by atoms with Crippen molar-refractivity contribution in [1.29, 1.82) is 0 Å². The Morgan fingerprint density at radius 2 is 2.14 bits per heavy atom. The van der Waals surface area contributed by atoms with Crippen LogP contribution < -0.4 is 5.32 Å². The molecule has 2 heterocycles. The molecule has 1 N–H and O–H groups in total. The Morgan fingerprint density at radius 3 is 2.86 bits per heavy atom. The highest BCUT2D eigenvalue weighted by Gasteiger charge is 2.38. The smallest absolute Gasteiger partial charge is 0.255 e. The standard InChI is InChI=1S/C17H23BrN2O/c1-13-4-5-14(15(18)10-13)16(21)20-9-3-7-17(12-20)6-2-8-19-11-17/h4-5,10,19H,2-3,6-9,11-12H2,1H3. The normalized spacial score (nSPS) is 26.1. The molecule has 2 aliphatic heterocycles. The van der Waals surface area contributed by atoms with Crippen LogP contribution in [-0.2, 0) is 0 Å². The maximum absolute atomic E-state index is 12.8. The Kier molecular flexibility index (Phi) is 4.36. The maximum Gasteiger partial charge on any atom is 0.255 e. The molecule has 0 saturated carbocycles. The number of likely N-dealkylation sites (tertiary alicyclic amines) is 1. The highest BCUT2D eigenvalue weighted by atomic mass is 79.9. The third-order valence-corrected chi connectivity index (χ3v) is 5.52. The first-order chi connectivity index (χ1) is 10.1. The van der Waals surface area contributed by atoms with E-state index in [4.69, 9.17) is 0 Å². The minimum atomic E-state index is 0.173. The highest BCUT2D eigenvalue weighted by Crippen LogP contribution is 2.36. The van der Waals surface area contributed by atoms with Gasteiger partial charge in [-0.15, -0.1) is 0 Å². The lowest BCUT2D eigenvalue weighted by Crippen LogP contribution is -2.52. The molecule has 2 fully saturated rings. The Bertz CT molecular complexity index is 532. The van der Waals surface area contributed by atoms with Gasteiger partial charge in [-0.1, -0.05) is 6.07 Å². The van der Waals surface area contributed by atoms with Gasteiger partial charge >= 0.3 is 0 Å². The van der Waals surface area contributed by atoms with Crippen LogP contribution in [-0.4, -0.2) is 37.0 Å². The zero-order valence-electron chi connectivity index (χ0n) is 12.6. The van der Waals surface area contributed by atoms with Gasteiger partial charge in [-0.05, 0) is 72.8 Å². The van der Waals surface area contributed by atoms with Gasteiger partial charge in [0.25, 0.3) is 5.91 Å². The van der Waals surface area contributed by atoms with Crippen molar-refractivity contribution in [2.45, 2.75) is 32.6 Å². The Balaban J connectivity index is 1.77. The second-order valence-corrected chi connectivity index (χ2v) is 7.45. The second kappa shape index (κ2) is 6.09. The van der Waals surface area contributed by atoms with Crippen molar-refractivity contribution in [3.8, 4) is 0 Å². The highest BCUT2D eigenvalue weighted by molar-refractivity contribution is 9.10. The summed E-state index contributed by atoms with van der Waals surface area (Å²) in [6.07, 6.45) is 4.85. The molecule has 1 aromatic rings. The first-order valence-electron chi connectivity index (χ1n) is 7.86. The molecule has 1 unspecified atom stereocenters. The second-order valence-electron chi connectivity index (χ2n) is 6.59. The molecule has 114 valence electrons. The number of hydrogen-bond donors (Lipinski definition) is 1. The van der Waals surface area contributed by atoms with Crippen LogP contribution >= 0.6 is 15.9 Å². The molecule has 2 aliphatic rings. The SMILES string of the molecule is Cc1ccc(C(=O)N2CCCC3(CCCNC3)C2)c(Br)c1. The summed E-state index contributed by atoms with van der Waals surface area (Å²) in [5, 5.41) is 3.52. The molecule has 0 aliphatic carbocycles. The van der Waals surface area contributed by atoms with Gasteiger partial charge in [-0.3, -0.25) is 4.79 Å². The van der Waals surface area contributed by atoms with Gasteiger partial charge in [0.1, 0.15) is 0 Å². The summed E-state index contributed by atoms with van der Waals surface area (Å²) < 4.78 is 0.911. The topological polar surface area (TPSA) is 32.3 Å². The van der Waals surface area contributed by atoms with Gasteiger partial charge in [0.05, 0.1) is 5.56 Å². The van der Waals surface area contributed by atoms with Crippen molar-refractivity contribution in [2.24, 2.45) is 5.41 Å². The number of aryl methyl sites for hydroxylation is 1. The van der Waals surface area contributed by atoms with E-state index in [1.165, 1.54) is 24.8 Å². The third kappa shape index (κ3) is 3.16. The molecule has 3 rings (SSSR count). The van der Waals surface area contributed by atoms with E-state index in [2.05, 4.69) is 26.1 Å². The molecule has 2 saturated heterocycles. The number of carbonyl (C=O) groups is 1. The summed E-state index contributed by atoms with van der Waals surface area (Å²) in [7, 11) is 0. The van der Waals surface area contributed by atoms with E-state index in [0.717, 1.165) is 42.6 Å². The van der Waals surface area contributed by atoms with E-state index >= 15 is 0 Å². The number of piperidine rings is 2. The number of nitrogens with zero attached hydrogens (tertiary/aromatic N) is 1. The van der Waals surface area contributed by atoms with Gasteiger partial charge in [-0.2, -0.15) is 0 Å². The zero-order valence-corrected chi connectivity index (χ0v) is 14.2. The van der Waals surface area contributed by atoms with Crippen molar-refractivity contribution in [3.63, 3.8) is 0 Å². The summed E-state index contributed by atoms with van der Waals surface area (Å²) >= 11 is 3.54. The number of benzene rings is 1. The van der Waals surface area contributed by atoms with Gasteiger partial charge in [0.15, 0.2) is 0 Å². The Morgan fingerprint density at radius 1 is 1.33 bits per heavy atom. The van der Waals surface area contributed by atoms with E-state index < -0.39 is 0 Å². The summed E-state index contributed by atoms with van der Waals surface area (Å²) in [4.78, 5) is 14.9. The van der Waals surface area contributed by atoms with Crippen LogP contribution in [0, 0.1) is 12.3 Å². The minimum Gasteiger partial charge on any atom is -0.338 e. The van der Waals surface area contributed by atoms with Crippen molar-refractivity contribution in [1.82, 2.24) is 10.2 Å². The Hall–Kier alpha value is -0.870. The van der Waals surface area contributed by atoms with Gasteiger partial charge in [0, 0.05) is 29.5 Å². The summed E-state index contributed by atoms with van der Waals surface area (Å²) in [6, 6.07) is 5.98. The first-order valence-corrected chi connectivity index (χ1v) is 8.65. The summed E-state index contributed by atoms with van der Waals surface area (Å²) in [6.45, 7) is 6.02. The molecule has 21 heavy (non-hydrogen) atoms. The predicted octanol–water partition coefficient (Wildman–Crippen LogP) is 3.36. The number of rotatable bonds is 1. The molecule has 0 aromatic heterocycles. The van der Waals surface area contributed by atoms with Gasteiger partial charge < -0.3 is 10.2 Å². The molecule has 1 amide bonds. The van der Waals surface area contributed by atoms with Crippen molar-refractivity contribution >= 4 is 21.8 Å². The largest absolute Gasteiger partial charge is 0.338 e. The number of hydrogen-bond acceptors (Lipinski definition) is 2. The van der Waals surface area contributed by atoms with E-state index in [-0.39, 0.29) is 5.91 Å². The molecule has 3 nitrogen and oxygen atoms in total. The van der Waals surface area contributed by atoms with E-state index in [9.17, 15) is 4.79 Å². The molecule has 0 radical (unpaired) electrons. The third-order valence-electron chi connectivity index (χ3n) is 4.86. The van der Waals surface area contributed by atoms with Crippen LogP contribution in [0.2, 0.25) is 0 Å². The van der Waals surface area contributed by atoms with Crippen LogP contribution in [0.25, 0.3) is 0 Å². The number of amides is 1. The number of nitrogens with one attached hydrogen (secondary N) is 1. The lowest BCUT2D eigenvalue weighted by atomic mass is 9.74. The summed E-state index contributed by atoms with van der Waals surface area (Å²) in [5.41, 5.74) is 2.27. The fourth-order valence-electron chi connectivity index (χ4n) is 3.72. The quantitative estimate of drug-likeness (QED) is 0.842. The lowest BCUT2D eigenvalue weighted by Gasteiger charge is -2.45. The first kappa shape index (κ1) is 15.0. The van der Waals surface area contributed by atoms with Gasteiger partial charge in [-0.25, -0.2) is 0 Å². The van der Waals surface area contributed by atoms with Crippen molar-refractivity contribution in [2.75, 3.05) is 26.2 Å². The van der Waals surface area contributed by atoms with E-state index in [0.29, 0.717) is 5.41 Å². The van der Waals surface area contributed by atoms with Crippen molar-refractivity contribution < 1.29 is 4.79 Å². The Labute approximate surface area is 135 Å². The monoisotopic (exact) mass is 350 g/mol. The summed E-state index contributed by atoms with van der Waals surface area (Å²) in [5.74, 6) is 0.173. The predicted molar refractivity (Wildman–Crippen MR) is 88.6 cm³/mol. The molecular formula is C17H23BrN2O. The van der Waals surface area contributed by atoms with Crippen LogP contribution in [0.15, 0.2) is 22.7 Å². The average Bonchev–Trinajstić information content (AvgIpc) is 2.47. The van der Waals surface area contributed by atoms with E-state index in [1.807, 2.05) is 25.1 Å². The lowest BCUT2D eigenvalue weighted by molar-refractivity contribution is 0.0433. The number of halogens is 1. The average molecular weight is 351 g/mol. The fourth-order valence-corrected chi connectivity index (χ4v) is 4.39. The maximum atomic E-state index is 12.8. The minimum absolute atomic E-state index is 0.173. The van der Waals surface area contributed by atoms with E-state index in [1.54, 1.807) is 0 Å². The zero-order chi connectivity index (χ0) is 14.9. The van der Waals surface area contributed by atoms with Crippen LogP contribution in [0.4, 0.5) is 0 Å². The molecule has 1 aromatic carbocycles. The van der Waals surface area contributed by atoms with Crippen molar-refractivity contribution in [3.05, 3.63) is 33.8 Å². The molecule has 0 bridgehead atoms. The van der Waals surface area contributed by atoms with Crippen LogP contribution in [0.3, 0.4) is 0 Å². The molecule has 4 heteroatoms. The molecule has 1 spiro atoms. The van der Waals surface area contributed by atoms with Gasteiger partial charge in [0.2, 0.25) is 0 Å². The molecular weight excluding hydrogens is 328 g/mol. The van der Waals surface area contributed by atoms with Crippen LogP contribution in [0.1, 0.15) is 41.6 Å². The fraction of sp³-hybridized carbons (Fsp3) is 0.588. The number of carbonyl (C=O) groups excluding carboxylic acids is 1.